The predicted molar refractivity (Wildman–Crippen MR) is 95.8 cm³/mol. The summed E-state index contributed by atoms with van der Waals surface area (Å²) in [6.07, 6.45) is 0.708. The van der Waals surface area contributed by atoms with Gasteiger partial charge in [0.05, 0.1) is 12.6 Å². The fraction of sp³-hybridized carbons (Fsp3) is 0.400. The van der Waals surface area contributed by atoms with Gasteiger partial charge >= 0.3 is 0 Å². The van der Waals surface area contributed by atoms with Gasteiger partial charge in [-0.15, -0.1) is 0 Å². The minimum absolute atomic E-state index is 0.0850. The monoisotopic (exact) mass is 327 g/mol. The van der Waals surface area contributed by atoms with Crippen LogP contribution in [-0.2, 0) is 4.74 Å². The maximum Gasteiger partial charge on any atom is 0.209 e. The predicted octanol–water partition coefficient (Wildman–Crippen LogP) is 4.69. The Labute approximate surface area is 143 Å². The third-order valence-corrected chi connectivity index (χ3v) is 4.40. The van der Waals surface area contributed by atoms with Crippen LogP contribution in [0.5, 0.6) is 11.5 Å². The van der Waals surface area contributed by atoms with E-state index in [1.165, 1.54) is 5.56 Å². The van der Waals surface area contributed by atoms with E-state index in [1.807, 2.05) is 26.0 Å². The molecule has 0 aromatic heterocycles. The molecule has 4 heteroatoms. The van der Waals surface area contributed by atoms with Crippen molar-refractivity contribution < 1.29 is 14.2 Å². The summed E-state index contributed by atoms with van der Waals surface area (Å²) in [6.45, 7) is 6.62. The largest absolute Gasteiger partial charge is 0.490 e. The van der Waals surface area contributed by atoms with E-state index in [0.29, 0.717) is 13.0 Å². The van der Waals surface area contributed by atoms with Crippen molar-refractivity contribution in [1.29, 1.82) is 0 Å². The number of nitrogens with one attached hydrogen (secondary N) is 1. The molecule has 128 valence electrons. The number of anilines is 1. The molecule has 0 spiro atoms. The highest BCUT2D eigenvalue weighted by molar-refractivity contribution is 5.54. The van der Waals surface area contributed by atoms with Gasteiger partial charge in [-0.05, 0) is 32.0 Å². The Bertz CT molecular complexity index is 699. The Morgan fingerprint density at radius 3 is 2.62 bits per heavy atom. The second-order valence-corrected chi connectivity index (χ2v) is 6.31. The third kappa shape index (κ3) is 3.34. The molecule has 0 saturated heterocycles. The summed E-state index contributed by atoms with van der Waals surface area (Å²) in [5.41, 5.74) is 3.42. The van der Waals surface area contributed by atoms with E-state index in [2.05, 4.69) is 42.6 Å². The number of methoxy groups -OCH3 is 1. The van der Waals surface area contributed by atoms with Crippen molar-refractivity contribution in [2.24, 2.45) is 0 Å². The number of aryl methyl sites for hydroxylation is 1. The summed E-state index contributed by atoms with van der Waals surface area (Å²) in [6, 6.07) is 14.5. The topological polar surface area (TPSA) is 39.7 Å². The molecule has 1 aliphatic rings. The summed E-state index contributed by atoms with van der Waals surface area (Å²) in [4.78, 5) is 0. The van der Waals surface area contributed by atoms with Crippen LogP contribution in [0.15, 0.2) is 42.5 Å². The van der Waals surface area contributed by atoms with Gasteiger partial charge in [-0.1, -0.05) is 29.8 Å². The molecule has 0 amide bonds. The zero-order chi connectivity index (χ0) is 17.2. The average molecular weight is 327 g/mol. The molecule has 2 aromatic carbocycles. The lowest BCUT2D eigenvalue weighted by molar-refractivity contribution is -0.164. The van der Waals surface area contributed by atoms with Crippen molar-refractivity contribution in [3.8, 4) is 11.5 Å². The van der Waals surface area contributed by atoms with Crippen LogP contribution in [0.3, 0.4) is 0 Å². The van der Waals surface area contributed by atoms with Gasteiger partial charge in [-0.2, -0.15) is 0 Å². The average Bonchev–Trinajstić information content (AvgIpc) is 2.58. The third-order valence-electron chi connectivity index (χ3n) is 4.40. The van der Waals surface area contributed by atoms with E-state index in [9.17, 15) is 0 Å². The van der Waals surface area contributed by atoms with Gasteiger partial charge in [0.15, 0.2) is 11.5 Å². The van der Waals surface area contributed by atoms with Crippen molar-refractivity contribution in [2.75, 3.05) is 19.0 Å². The number of ether oxygens (including phenoxy) is 3. The van der Waals surface area contributed by atoms with Gasteiger partial charge in [0.1, 0.15) is 0 Å². The molecule has 2 aromatic rings. The van der Waals surface area contributed by atoms with Gasteiger partial charge < -0.3 is 19.5 Å². The quantitative estimate of drug-likeness (QED) is 0.864. The summed E-state index contributed by atoms with van der Waals surface area (Å²) in [5, 5.41) is 3.61. The maximum atomic E-state index is 6.15. The van der Waals surface area contributed by atoms with Crippen LogP contribution in [0.1, 0.15) is 37.4 Å². The van der Waals surface area contributed by atoms with Gasteiger partial charge in [0, 0.05) is 31.7 Å². The normalized spacial score (nSPS) is 22.4. The molecule has 0 saturated carbocycles. The highest BCUT2D eigenvalue weighted by Gasteiger charge is 2.39. The van der Waals surface area contributed by atoms with Crippen LogP contribution in [0, 0.1) is 6.92 Å². The second kappa shape index (κ2) is 6.73. The number of para-hydroxylation sites is 1. The Morgan fingerprint density at radius 2 is 1.96 bits per heavy atom. The van der Waals surface area contributed by atoms with E-state index in [-0.39, 0.29) is 6.04 Å². The molecule has 2 atom stereocenters. The first kappa shape index (κ1) is 16.7. The summed E-state index contributed by atoms with van der Waals surface area (Å²) >= 11 is 0. The molecule has 24 heavy (non-hydrogen) atoms. The summed E-state index contributed by atoms with van der Waals surface area (Å²) in [7, 11) is 1.68. The number of hydrogen-bond acceptors (Lipinski definition) is 4. The number of hydrogen-bond donors (Lipinski definition) is 1. The van der Waals surface area contributed by atoms with Crippen molar-refractivity contribution >= 4 is 5.69 Å². The molecule has 3 rings (SSSR count). The number of fused-ring (bicyclic) bond motifs is 1. The SMILES string of the molecule is CCOc1cccc2c1O[C@@](C)(OC)C[C@@H]2Nc1ccc(C)cc1. The highest BCUT2D eigenvalue weighted by atomic mass is 16.7. The molecule has 0 bridgehead atoms. The summed E-state index contributed by atoms with van der Waals surface area (Å²) in [5.74, 6) is 0.830. The Morgan fingerprint density at radius 1 is 1.21 bits per heavy atom. The van der Waals surface area contributed by atoms with Gasteiger partial charge in [-0.25, -0.2) is 0 Å². The second-order valence-electron chi connectivity index (χ2n) is 6.31. The minimum Gasteiger partial charge on any atom is -0.490 e. The first-order chi connectivity index (χ1) is 11.5. The minimum atomic E-state index is -0.692. The molecular weight excluding hydrogens is 302 g/mol. The standard InChI is InChI=1S/C20H25NO3/c1-5-23-18-8-6-7-16-17(13-20(3,22-4)24-19(16)18)21-15-11-9-14(2)10-12-15/h6-12,17,21H,5,13H2,1-4H3/t17-,20+/m0/s1. The van der Waals surface area contributed by atoms with E-state index >= 15 is 0 Å². The lowest BCUT2D eigenvalue weighted by atomic mass is 9.94. The maximum absolute atomic E-state index is 6.15. The molecule has 1 N–H and O–H groups in total. The molecule has 0 radical (unpaired) electrons. The van der Waals surface area contributed by atoms with Crippen molar-refractivity contribution in [3.05, 3.63) is 53.6 Å². The van der Waals surface area contributed by atoms with Crippen LogP contribution >= 0.6 is 0 Å². The Hall–Kier alpha value is -2.20. The number of rotatable bonds is 5. The van der Waals surface area contributed by atoms with Crippen LogP contribution in [0.2, 0.25) is 0 Å². The highest BCUT2D eigenvalue weighted by Crippen LogP contribution is 2.46. The van der Waals surface area contributed by atoms with Gasteiger partial charge in [-0.3, -0.25) is 0 Å². The van der Waals surface area contributed by atoms with E-state index in [4.69, 9.17) is 14.2 Å². The van der Waals surface area contributed by atoms with Crippen molar-refractivity contribution in [2.45, 2.75) is 39.0 Å². The van der Waals surface area contributed by atoms with Crippen LogP contribution in [0.4, 0.5) is 5.69 Å². The molecule has 1 heterocycles. The van der Waals surface area contributed by atoms with Crippen LogP contribution in [-0.4, -0.2) is 19.5 Å². The fourth-order valence-corrected chi connectivity index (χ4v) is 3.03. The molecular formula is C20H25NO3. The first-order valence-corrected chi connectivity index (χ1v) is 8.38. The number of benzene rings is 2. The zero-order valence-electron chi connectivity index (χ0n) is 14.8. The molecule has 0 aliphatic carbocycles. The molecule has 1 aliphatic heterocycles. The van der Waals surface area contributed by atoms with Crippen LogP contribution in [0.25, 0.3) is 0 Å². The first-order valence-electron chi connectivity index (χ1n) is 8.38. The van der Waals surface area contributed by atoms with Crippen molar-refractivity contribution in [3.63, 3.8) is 0 Å². The lowest BCUT2D eigenvalue weighted by Crippen LogP contribution is -2.41. The van der Waals surface area contributed by atoms with Crippen molar-refractivity contribution in [1.82, 2.24) is 0 Å². The van der Waals surface area contributed by atoms with Gasteiger partial charge in [0.2, 0.25) is 5.79 Å². The molecule has 0 fully saturated rings. The Balaban J connectivity index is 1.97. The Kier molecular flexibility index (Phi) is 4.67. The van der Waals surface area contributed by atoms with E-state index in [1.54, 1.807) is 7.11 Å². The molecule has 0 unspecified atom stereocenters. The zero-order valence-corrected chi connectivity index (χ0v) is 14.8. The van der Waals surface area contributed by atoms with E-state index < -0.39 is 5.79 Å². The smallest absolute Gasteiger partial charge is 0.209 e. The summed E-state index contributed by atoms with van der Waals surface area (Å²) < 4.78 is 17.5. The van der Waals surface area contributed by atoms with Gasteiger partial charge in [0.25, 0.3) is 0 Å². The van der Waals surface area contributed by atoms with Crippen LogP contribution < -0.4 is 14.8 Å². The fourth-order valence-electron chi connectivity index (χ4n) is 3.03. The lowest BCUT2D eigenvalue weighted by Gasteiger charge is -2.39. The molecule has 4 nitrogen and oxygen atoms in total. The van der Waals surface area contributed by atoms with E-state index in [0.717, 1.165) is 22.7 Å².